The molecule has 0 radical (unpaired) electrons. The number of methoxy groups -OCH3 is 2. The first-order chi connectivity index (χ1) is 11.8. The number of benzene rings is 1. The van der Waals surface area contributed by atoms with Gasteiger partial charge in [0.05, 0.1) is 14.2 Å². The van der Waals surface area contributed by atoms with Crippen LogP contribution in [0.4, 0.5) is 0 Å². The third-order valence-corrected chi connectivity index (χ3v) is 5.60. The van der Waals surface area contributed by atoms with Crippen molar-refractivity contribution in [2.45, 2.75) is 51.1 Å². The summed E-state index contributed by atoms with van der Waals surface area (Å²) in [6.07, 6.45) is 8.56. The lowest BCUT2D eigenvalue weighted by atomic mass is 10.1. The lowest BCUT2D eigenvalue weighted by Gasteiger charge is -2.39. The van der Waals surface area contributed by atoms with Crippen LogP contribution in [0.1, 0.15) is 44.1 Å². The molecule has 0 N–H and O–H groups in total. The second kappa shape index (κ2) is 8.72. The normalized spacial score (nSPS) is 21.4. The zero-order chi connectivity index (χ0) is 16.8. The van der Waals surface area contributed by atoms with Gasteiger partial charge in [0.2, 0.25) is 0 Å². The molecular formula is C20H32N2O2. The van der Waals surface area contributed by atoms with Crippen LogP contribution in [-0.2, 0) is 6.54 Å². The number of rotatable bonds is 5. The Hall–Kier alpha value is -1.26. The fraction of sp³-hybridized carbons (Fsp3) is 0.700. The van der Waals surface area contributed by atoms with Gasteiger partial charge in [0.15, 0.2) is 11.5 Å². The number of hydrogen-bond donors (Lipinski definition) is 0. The van der Waals surface area contributed by atoms with Gasteiger partial charge in [-0.05, 0) is 30.5 Å². The molecule has 0 spiro atoms. The van der Waals surface area contributed by atoms with Gasteiger partial charge in [0.1, 0.15) is 0 Å². The van der Waals surface area contributed by atoms with Crippen molar-refractivity contribution in [3.05, 3.63) is 23.8 Å². The molecule has 2 aliphatic rings. The summed E-state index contributed by atoms with van der Waals surface area (Å²) in [6, 6.07) is 7.11. The molecule has 1 saturated carbocycles. The first-order valence-corrected chi connectivity index (χ1v) is 9.47. The minimum atomic E-state index is 0.805. The van der Waals surface area contributed by atoms with Crippen LogP contribution in [-0.4, -0.2) is 56.2 Å². The predicted octanol–water partition coefficient (Wildman–Crippen LogP) is 3.54. The Balaban J connectivity index is 1.51. The Morgan fingerprint density at radius 1 is 0.875 bits per heavy atom. The van der Waals surface area contributed by atoms with Crippen molar-refractivity contribution in [1.82, 2.24) is 9.80 Å². The SMILES string of the molecule is COc1ccc(CN2CCN(C3CCCCCC3)CC2)cc1OC. The lowest BCUT2D eigenvalue weighted by Crippen LogP contribution is -2.49. The van der Waals surface area contributed by atoms with E-state index in [-0.39, 0.29) is 0 Å². The monoisotopic (exact) mass is 332 g/mol. The van der Waals surface area contributed by atoms with Crippen molar-refractivity contribution >= 4 is 0 Å². The van der Waals surface area contributed by atoms with E-state index in [0.717, 1.165) is 24.1 Å². The van der Waals surface area contributed by atoms with Crippen LogP contribution >= 0.6 is 0 Å². The standard InChI is InChI=1S/C20H32N2O2/c1-23-19-10-9-17(15-20(19)24-2)16-21-11-13-22(14-12-21)18-7-5-3-4-6-8-18/h9-10,15,18H,3-8,11-14,16H2,1-2H3. The van der Waals surface area contributed by atoms with Gasteiger partial charge in [-0.1, -0.05) is 31.7 Å². The van der Waals surface area contributed by atoms with Gasteiger partial charge >= 0.3 is 0 Å². The minimum absolute atomic E-state index is 0.805. The Bertz CT molecular complexity index is 504. The third kappa shape index (κ3) is 4.42. The highest BCUT2D eigenvalue weighted by atomic mass is 16.5. The van der Waals surface area contributed by atoms with Gasteiger partial charge < -0.3 is 9.47 Å². The fourth-order valence-electron chi connectivity index (χ4n) is 4.15. The van der Waals surface area contributed by atoms with E-state index >= 15 is 0 Å². The smallest absolute Gasteiger partial charge is 0.161 e. The van der Waals surface area contributed by atoms with E-state index in [1.807, 2.05) is 6.07 Å². The maximum atomic E-state index is 5.42. The Labute approximate surface area is 146 Å². The van der Waals surface area contributed by atoms with Crippen molar-refractivity contribution in [3.63, 3.8) is 0 Å². The van der Waals surface area contributed by atoms with Gasteiger partial charge in [0, 0.05) is 38.8 Å². The van der Waals surface area contributed by atoms with E-state index in [4.69, 9.17) is 9.47 Å². The lowest BCUT2D eigenvalue weighted by molar-refractivity contribution is 0.0851. The van der Waals surface area contributed by atoms with Crippen molar-refractivity contribution in [2.75, 3.05) is 40.4 Å². The number of hydrogen-bond acceptors (Lipinski definition) is 4. The van der Waals surface area contributed by atoms with Gasteiger partial charge in [-0.2, -0.15) is 0 Å². The highest BCUT2D eigenvalue weighted by Crippen LogP contribution is 2.28. The average molecular weight is 332 g/mol. The molecule has 1 heterocycles. The van der Waals surface area contributed by atoms with Crippen molar-refractivity contribution in [3.8, 4) is 11.5 Å². The zero-order valence-electron chi connectivity index (χ0n) is 15.3. The van der Waals surface area contributed by atoms with Crippen LogP contribution in [0, 0.1) is 0 Å². The second-order valence-corrected chi connectivity index (χ2v) is 7.15. The van der Waals surface area contributed by atoms with Crippen LogP contribution in [0.2, 0.25) is 0 Å². The third-order valence-electron chi connectivity index (χ3n) is 5.60. The molecule has 0 amide bonds. The van der Waals surface area contributed by atoms with Gasteiger partial charge in [-0.15, -0.1) is 0 Å². The Morgan fingerprint density at radius 2 is 1.54 bits per heavy atom. The van der Waals surface area contributed by atoms with Crippen molar-refractivity contribution in [2.24, 2.45) is 0 Å². The summed E-state index contributed by atoms with van der Waals surface area (Å²) in [6.45, 7) is 5.78. The molecule has 24 heavy (non-hydrogen) atoms. The van der Waals surface area contributed by atoms with Gasteiger partial charge in [-0.3, -0.25) is 9.80 Å². The number of nitrogens with zero attached hydrogens (tertiary/aromatic N) is 2. The van der Waals surface area contributed by atoms with Crippen molar-refractivity contribution < 1.29 is 9.47 Å². The van der Waals surface area contributed by atoms with Crippen LogP contribution in [0.25, 0.3) is 0 Å². The average Bonchev–Trinajstić information content (AvgIpc) is 2.91. The summed E-state index contributed by atoms with van der Waals surface area (Å²) in [4.78, 5) is 5.31. The predicted molar refractivity (Wildman–Crippen MR) is 97.9 cm³/mol. The fourth-order valence-corrected chi connectivity index (χ4v) is 4.15. The van der Waals surface area contributed by atoms with E-state index in [2.05, 4.69) is 21.9 Å². The van der Waals surface area contributed by atoms with E-state index in [1.54, 1.807) is 14.2 Å². The number of piperazine rings is 1. The van der Waals surface area contributed by atoms with E-state index in [0.29, 0.717) is 0 Å². The van der Waals surface area contributed by atoms with Gasteiger partial charge in [-0.25, -0.2) is 0 Å². The van der Waals surface area contributed by atoms with E-state index < -0.39 is 0 Å². The topological polar surface area (TPSA) is 24.9 Å². The maximum absolute atomic E-state index is 5.42. The molecule has 0 atom stereocenters. The summed E-state index contributed by atoms with van der Waals surface area (Å²) in [5, 5.41) is 0. The minimum Gasteiger partial charge on any atom is -0.493 e. The van der Waals surface area contributed by atoms with Crippen LogP contribution in [0.3, 0.4) is 0 Å². The molecule has 3 rings (SSSR count). The molecule has 1 aliphatic heterocycles. The molecule has 0 unspecified atom stereocenters. The summed E-state index contributed by atoms with van der Waals surface area (Å²) >= 11 is 0. The molecule has 2 fully saturated rings. The molecule has 0 bridgehead atoms. The molecule has 1 aromatic carbocycles. The Morgan fingerprint density at radius 3 is 2.17 bits per heavy atom. The highest BCUT2D eigenvalue weighted by molar-refractivity contribution is 5.42. The highest BCUT2D eigenvalue weighted by Gasteiger charge is 2.24. The molecule has 1 aliphatic carbocycles. The molecule has 0 aromatic heterocycles. The zero-order valence-corrected chi connectivity index (χ0v) is 15.3. The first kappa shape index (κ1) is 17.6. The first-order valence-electron chi connectivity index (χ1n) is 9.47. The van der Waals surface area contributed by atoms with E-state index in [9.17, 15) is 0 Å². The molecule has 134 valence electrons. The molecule has 1 aromatic rings. The van der Waals surface area contributed by atoms with Crippen LogP contribution < -0.4 is 9.47 Å². The summed E-state index contributed by atoms with van der Waals surface area (Å²) < 4.78 is 10.7. The van der Waals surface area contributed by atoms with E-state index in [1.165, 1.54) is 70.3 Å². The summed E-state index contributed by atoms with van der Waals surface area (Å²) in [7, 11) is 3.39. The molecule has 4 heteroatoms. The summed E-state index contributed by atoms with van der Waals surface area (Å²) in [5.74, 6) is 1.63. The van der Waals surface area contributed by atoms with Crippen LogP contribution in [0.5, 0.6) is 11.5 Å². The molecule has 1 saturated heterocycles. The quantitative estimate of drug-likeness (QED) is 0.770. The van der Waals surface area contributed by atoms with Crippen molar-refractivity contribution in [1.29, 1.82) is 0 Å². The molecule has 4 nitrogen and oxygen atoms in total. The summed E-state index contributed by atoms with van der Waals surface area (Å²) in [5.41, 5.74) is 1.30. The second-order valence-electron chi connectivity index (χ2n) is 7.15. The van der Waals surface area contributed by atoms with Crippen LogP contribution in [0.15, 0.2) is 18.2 Å². The number of ether oxygens (including phenoxy) is 2. The Kier molecular flexibility index (Phi) is 6.38. The largest absolute Gasteiger partial charge is 0.493 e. The van der Waals surface area contributed by atoms with Gasteiger partial charge in [0.25, 0.3) is 0 Å². The molecular weight excluding hydrogens is 300 g/mol. The maximum Gasteiger partial charge on any atom is 0.161 e.